The van der Waals surface area contributed by atoms with E-state index in [4.69, 9.17) is 11.6 Å². The zero-order valence-corrected chi connectivity index (χ0v) is 12.3. The van der Waals surface area contributed by atoms with Crippen molar-refractivity contribution in [1.29, 1.82) is 0 Å². The van der Waals surface area contributed by atoms with E-state index in [-0.39, 0.29) is 0 Å². The topological polar surface area (TPSA) is 45.5 Å². The van der Waals surface area contributed by atoms with Crippen LogP contribution in [0.4, 0.5) is 5.95 Å². The molecule has 0 bridgehead atoms. The van der Waals surface area contributed by atoms with Crippen LogP contribution in [0.25, 0.3) is 5.65 Å². The van der Waals surface area contributed by atoms with E-state index in [2.05, 4.69) is 20.3 Å². The van der Waals surface area contributed by atoms with Crippen LogP contribution in [0.15, 0.2) is 18.3 Å². The highest BCUT2D eigenvalue weighted by Gasteiger charge is 2.09. The Morgan fingerprint density at radius 2 is 1.95 bits per heavy atom. The van der Waals surface area contributed by atoms with Crippen molar-refractivity contribution in [2.45, 2.75) is 25.7 Å². The monoisotopic (exact) mass is 293 g/mol. The Hall–Kier alpha value is -1.33. The SMILES string of the molecule is Clc1ccc2nc(NCCN3CCCCCC3)nn2c1. The normalized spacial score (nSPS) is 17.2. The fourth-order valence-corrected chi connectivity index (χ4v) is 2.77. The van der Waals surface area contributed by atoms with Gasteiger partial charge in [-0.1, -0.05) is 24.4 Å². The van der Waals surface area contributed by atoms with E-state index in [1.165, 1.54) is 38.8 Å². The second-order valence-corrected chi connectivity index (χ2v) is 5.70. The summed E-state index contributed by atoms with van der Waals surface area (Å²) in [6.45, 7) is 4.37. The summed E-state index contributed by atoms with van der Waals surface area (Å²) in [5.74, 6) is 0.669. The van der Waals surface area contributed by atoms with Gasteiger partial charge in [0, 0.05) is 19.3 Å². The van der Waals surface area contributed by atoms with Crippen molar-refractivity contribution in [2.75, 3.05) is 31.5 Å². The molecule has 5 nitrogen and oxygen atoms in total. The minimum absolute atomic E-state index is 0.665. The van der Waals surface area contributed by atoms with Crippen molar-refractivity contribution in [3.8, 4) is 0 Å². The third-order valence-electron chi connectivity index (χ3n) is 3.70. The largest absolute Gasteiger partial charge is 0.352 e. The molecular weight excluding hydrogens is 274 g/mol. The first-order valence-corrected chi connectivity index (χ1v) is 7.67. The van der Waals surface area contributed by atoms with Gasteiger partial charge in [0.15, 0.2) is 5.65 Å². The lowest BCUT2D eigenvalue weighted by molar-refractivity contribution is 0.296. The average Bonchev–Trinajstić information content (AvgIpc) is 2.66. The maximum absolute atomic E-state index is 5.93. The number of hydrogen-bond donors (Lipinski definition) is 1. The molecule has 0 spiro atoms. The van der Waals surface area contributed by atoms with Crippen LogP contribution in [-0.2, 0) is 0 Å². The summed E-state index contributed by atoms with van der Waals surface area (Å²) in [6.07, 6.45) is 7.16. The molecule has 0 unspecified atom stereocenters. The molecule has 0 amide bonds. The second kappa shape index (κ2) is 6.41. The number of pyridine rings is 1. The molecule has 1 aliphatic rings. The molecule has 108 valence electrons. The number of aromatic nitrogens is 3. The lowest BCUT2D eigenvalue weighted by atomic mass is 10.2. The Morgan fingerprint density at radius 1 is 1.15 bits per heavy atom. The molecule has 0 radical (unpaired) electrons. The molecule has 0 atom stereocenters. The fraction of sp³-hybridized carbons (Fsp3) is 0.571. The van der Waals surface area contributed by atoms with Gasteiger partial charge in [0.1, 0.15) is 0 Å². The summed E-state index contributed by atoms with van der Waals surface area (Å²) in [7, 11) is 0. The van der Waals surface area contributed by atoms with Crippen LogP contribution >= 0.6 is 11.6 Å². The minimum Gasteiger partial charge on any atom is -0.352 e. The summed E-state index contributed by atoms with van der Waals surface area (Å²) in [5, 5.41) is 8.32. The van der Waals surface area contributed by atoms with Crippen LogP contribution in [0.1, 0.15) is 25.7 Å². The Labute approximate surface area is 123 Å². The van der Waals surface area contributed by atoms with Crippen LogP contribution in [0.5, 0.6) is 0 Å². The van der Waals surface area contributed by atoms with E-state index in [1.54, 1.807) is 10.7 Å². The van der Waals surface area contributed by atoms with Gasteiger partial charge in [-0.05, 0) is 38.1 Å². The number of fused-ring (bicyclic) bond motifs is 1. The van der Waals surface area contributed by atoms with Gasteiger partial charge in [0.25, 0.3) is 0 Å². The first-order chi connectivity index (χ1) is 9.81. The van der Waals surface area contributed by atoms with Gasteiger partial charge in [-0.2, -0.15) is 4.98 Å². The molecule has 1 fully saturated rings. The second-order valence-electron chi connectivity index (χ2n) is 5.27. The highest BCUT2D eigenvalue weighted by Crippen LogP contribution is 2.12. The number of likely N-dealkylation sites (tertiary alicyclic amines) is 1. The number of nitrogens with one attached hydrogen (secondary N) is 1. The molecule has 1 saturated heterocycles. The van der Waals surface area contributed by atoms with Crippen molar-refractivity contribution in [3.05, 3.63) is 23.4 Å². The average molecular weight is 294 g/mol. The van der Waals surface area contributed by atoms with E-state index >= 15 is 0 Å². The molecule has 0 saturated carbocycles. The summed E-state index contributed by atoms with van der Waals surface area (Å²) in [5.41, 5.74) is 0.812. The summed E-state index contributed by atoms with van der Waals surface area (Å²) < 4.78 is 1.70. The fourth-order valence-electron chi connectivity index (χ4n) is 2.62. The molecule has 3 rings (SSSR count). The van der Waals surface area contributed by atoms with Gasteiger partial charge >= 0.3 is 0 Å². The number of hydrogen-bond acceptors (Lipinski definition) is 4. The van der Waals surface area contributed by atoms with Gasteiger partial charge in [0.2, 0.25) is 5.95 Å². The van der Waals surface area contributed by atoms with Gasteiger partial charge in [-0.3, -0.25) is 0 Å². The molecule has 0 aliphatic carbocycles. The number of anilines is 1. The van der Waals surface area contributed by atoms with E-state index in [0.717, 1.165) is 18.7 Å². The molecule has 2 aromatic rings. The van der Waals surface area contributed by atoms with Crippen molar-refractivity contribution < 1.29 is 0 Å². The Bertz CT molecular complexity index is 560. The van der Waals surface area contributed by atoms with E-state index in [9.17, 15) is 0 Å². The van der Waals surface area contributed by atoms with E-state index < -0.39 is 0 Å². The van der Waals surface area contributed by atoms with Crippen LogP contribution in [0.2, 0.25) is 5.02 Å². The predicted molar refractivity (Wildman–Crippen MR) is 81.4 cm³/mol. The van der Waals surface area contributed by atoms with E-state index in [0.29, 0.717) is 11.0 Å². The van der Waals surface area contributed by atoms with Crippen molar-refractivity contribution in [3.63, 3.8) is 0 Å². The maximum Gasteiger partial charge on any atom is 0.243 e. The van der Waals surface area contributed by atoms with Crippen molar-refractivity contribution >= 4 is 23.2 Å². The standard InChI is InChI=1S/C14H20ClN5/c15-12-5-6-13-17-14(18-20(13)11-12)16-7-10-19-8-3-1-2-4-9-19/h5-6,11H,1-4,7-10H2,(H,16,18). The first-order valence-electron chi connectivity index (χ1n) is 7.29. The molecular formula is C14H20ClN5. The minimum atomic E-state index is 0.665. The molecule has 3 heterocycles. The Kier molecular flexibility index (Phi) is 4.38. The van der Waals surface area contributed by atoms with Gasteiger partial charge in [0.05, 0.1) is 5.02 Å². The molecule has 1 aliphatic heterocycles. The highest BCUT2D eigenvalue weighted by molar-refractivity contribution is 6.30. The number of nitrogens with zero attached hydrogens (tertiary/aromatic N) is 4. The lowest BCUT2D eigenvalue weighted by Crippen LogP contribution is -2.30. The van der Waals surface area contributed by atoms with Gasteiger partial charge in [-0.15, -0.1) is 5.10 Å². The van der Waals surface area contributed by atoms with Crippen LogP contribution in [-0.4, -0.2) is 45.7 Å². The number of halogens is 1. The first kappa shape index (κ1) is 13.6. The van der Waals surface area contributed by atoms with Crippen LogP contribution in [0.3, 0.4) is 0 Å². The molecule has 2 aromatic heterocycles. The molecule has 0 aromatic carbocycles. The molecule has 20 heavy (non-hydrogen) atoms. The zero-order valence-electron chi connectivity index (χ0n) is 11.6. The van der Waals surface area contributed by atoms with Crippen LogP contribution < -0.4 is 5.32 Å². The Balaban J connectivity index is 1.54. The summed E-state index contributed by atoms with van der Waals surface area (Å²) in [4.78, 5) is 6.94. The summed E-state index contributed by atoms with van der Waals surface area (Å²) in [6, 6.07) is 3.70. The zero-order chi connectivity index (χ0) is 13.8. The van der Waals surface area contributed by atoms with Crippen LogP contribution in [0, 0.1) is 0 Å². The maximum atomic E-state index is 5.93. The predicted octanol–water partition coefficient (Wildman–Crippen LogP) is 2.67. The quantitative estimate of drug-likeness (QED) is 0.941. The van der Waals surface area contributed by atoms with Crippen molar-refractivity contribution in [1.82, 2.24) is 19.5 Å². The lowest BCUT2D eigenvalue weighted by Gasteiger charge is -2.19. The highest BCUT2D eigenvalue weighted by atomic mass is 35.5. The molecule has 1 N–H and O–H groups in total. The van der Waals surface area contributed by atoms with Crippen molar-refractivity contribution in [2.24, 2.45) is 0 Å². The third-order valence-corrected chi connectivity index (χ3v) is 3.93. The summed E-state index contributed by atoms with van der Waals surface area (Å²) >= 11 is 5.93. The smallest absolute Gasteiger partial charge is 0.243 e. The molecule has 6 heteroatoms. The van der Waals surface area contributed by atoms with Gasteiger partial charge < -0.3 is 10.2 Å². The van der Waals surface area contributed by atoms with E-state index in [1.807, 2.05) is 12.1 Å². The third kappa shape index (κ3) is 3.41. The number of rotatable bonds is 4. The Morgan fingerprint density at radius 3 is 2.75 bits per heavy atom. The van der Waals surface area contributed by atoms with Gasteiger partial charge in [-0.25, -0.2) is 4.52 Å².